The second-order valence-corrected chi connectivity index (χ2v) is 15.7. The van der Waals surface area contributed by atoms with E-state index >= 15 is 0 Å². The summed E-state index contributed by atoms with van der Waals surface area (Å²) in [4.78, 5) is 62.6. The van der Waals surface area contributed by atoms with E-state index < -0.39 is 36.4 Å². The van der Waals surface area contributed by atoms with Crippen molar-refractivity contribution in [1.82, 2.24) is 0 Å². The molecule has 0 bridgehead atoms. The Morgan fingerprint density at radius 1 is 0.733 bits per heavy atom. The monoisotopic (exact) mass is 632 g/mol. The standard InChI is InChI=1S/C36H56O9/c1-18(2)19(3)33(44-23(7)39)34(45-24(8)40)20(4)26-11-12-27-25-15-30(41)29-16-31(42-21(5)37)32(43-22(6)38)17-36(29,10)28(25)13-14-35(26,27)9/h18-20,25-29,31-34H,11-17H2,1-10H3/t19-,20-,25-,26+,27-,28-,29+,31-,32+,33-,34-,35+,36+/m0/s1. The number of hydrogen-bond donors (Lipinski definition) is 0. The fraction of sp³-hybridized carbons (Fsp3) is 0.861. The first-order valence-electron chi connectivity index (χ1n) is 17.1. The number of fused-ring (bicyclic) bond motifs is 5. The van der Waals surface area contributed by atoms with Crippen LogP contribution >= 0.6 is 0 Å². The number of Topliss-reactive ketones (excluding diaryl/α,β-unsaturated/α-hetero) is 1. The van der Waals surface area contributed by atoms with E-state index in [1.807, 2.05) is 0 Å². The molecule has 13 atom stereocenters. The van der Waals surface area contributed by atoms with Crippen LogP contribution in [-0.2, 0) is 42.9 Å². The molecule has 0 unspecified atom stereocenters. The number of rotatable bonds is 9. The van der Waals surface area contributed by atoms with E-state index in [0.717, 1.165) is 25.7 Å². The van der Waals surface area contributed by atoms with Crippen LogP contribution in [0.25, 0.3) is 0 Å². The molecule has 4 saturated carbocycles. The second-order valence-electron chi connectivity index (χ2n) is 15.7. The molecule has 4 fully saturated rings. The summed E-state index contributed by atoms with van der Waals surface area (Å²) in [6, 6.07) is 0. The van der Waals surface area contributed by atoms with Crippen LogP contribution < -0.4 is 0 Å². The van der Waals surface area contributed by atoms with Gasteiger partial charge in [-0.1, -0.05) is 41.5 Å². The maximum atomic E-state index is 14.0. The number of ether oxygens (including phenoxy) is 4. The lowest BCUT2D eigenvalue weighted by atomic mass is 9.43. The maximum absolute atomic E-state index is 14.0. The van der Waals surface area contributed by atoms with E-state index in [1.54, 1.807) is 0 Å². The number of carbonyl (C=O) groups is 5. The highest BCUT2D eigenvalue weighted by Crippen LogP contribution is 2.68. The molecule has 0 heterocycles. The molecule has 4 aliphatic carbocycles. The first-order chi connectivity index (χ1) is 20.9. The van der Waals surface area contributed by atoms with Crippen LogP contribution in [0.2, 0.25) is 0 Å². The number of esters is 4. The van der Waals surface area contributed by atoms with Crippen molar-refractivity contribution < 1.29 is 42.9 Å². The van der Waals surface area contributed by atoms with Crippen molar-refractivity contribution in [2.45, 2.75) is 139 Å². The van der Waals surface area contributed by atoms with Gasteiger partial charge in [0.15, 0.2) is 0 Å². The number of hydrogen-bond acceptors (Lipinski definition) is 9. The number of ketones is 1. The second kappa shape index (κ2) is 13.3. The van der Waals surface area contributed by atoms with Crippen molar-refractivity contribution in [1.29, 1.82) is 0 Å². The van der Waals surface area contributed by atoms with Crippen molar-refractivity contribution in [2.24, 2.45) is 58.2 Å². The first-order valence-corrected chi connectivity index (χ1v) is 17.1. The molecular formula is C36H56O9. The fourth-order valence-electron chi connectivity index (χ4n) is 10.5. The summed E-state index contributed by atoms with van der Waals surface area (Å²) >= 11 is 0. The van der Waals surface area contributed by atoms with Crippen LogP contribution in [0.3, 0.4) is 0 Å². The molecular weight excluding hydrogens is 576 g/mol. The van der Waals surface area contributed by atoms with Gasteiger partial charge in [0, 0.05) is 46.0 Å². The SMILES string of the molecule is CC(=O)O[C@H]([C@@H](OC(C)=O)[C@@H](C)[C@H]1CC[C@H]2[C@@H]3CC(=O)[C@H]4C[C@H](OC(C)=O)[C@H](OC(C)=O)C[C@]4(C)[C@H]3CC[C@]12C)[C@@H](C)C(C)C. The average Bonchev–Trinajstić information content (AvgIpc) is 3.27. The Labute approximate surface area is 269 Å². The molecule has 4 rings (SSSR count). The highest BCUT2D eigenvalue weighted by Gasteiger charge is 2.65. The minimum Gasteiger partial charge on any atom is -0.459 e. The predicted octanol–water partition coefficient (Wildman–Crippen LogP) is 6.09. The van der Waals surface area contributed by atoms with E-state index in [0.29, 0.717) is 25.2 Å². The van der Waals surface area contributed by atoms with Gasteiger partial charge in [-0.3, -0.25) is 24.0 Å². The molecule has 4 aliphatic rings. The zero-order chi connectivity index (χ0) is 33.6. The van der Waals surface area contributed by atoms with Gasteiger partial charge in [-0.2, -0.15) is 0 Å². The first kappa shape index (κ1) is 35.4. The molecule has 9 nitrogen and oxygen atoms in total. The molecule has 0 aromatic rings. The third kappa shape index (κ3) is 6.83. The number of carbonyl (C=O) groups excluding carboxylic acids is 5. The predicted molar refractivity (Wildman–Crippen MR) is 166 cm³/mol. The summed E-state index contributed by atoms with van der Waals surface area (Å²) < 4.78 is 23.3. The van der Waals surface area contributed by atoms with Crippen molar-refractivity contribution in [2.75, 3.05) is 0 Å². The Bertz CT molecular complexity index is 1160. The van der Waals surface area contributed by atoms with E-state index in [-0.39, 0.29) is 70.0 Å². The van der Waals surface area contributed by atoms with Crippen molar-refractivity contribution in [3.05, 3.63) is 0 Å². The summed E-state index contributed by atoms with van der Waals surface area (Å²) in [5.74, 6) is -0.475. The van der Waals surface area contributed by atoms with Crippen LogP contribution in [0.15, 0.2) is 0 Å². The van der Waals surface area contributed by atoms with Gasteiger partial charge in [0.25, 0.3) is 0 Å². The molecule has 45 heavy (non-hydrogen) atoms. The molecule has 0 N–H and O–H groups in total. The Morgan fingerprint density at radius 2 is 1.29 bits per heavy atom. The third-order valence-electron chi connectivity index (χ3n) is 12.8. The van der Waals surface area contributed by atoms with Gasteiger partial charge >= 0.3 is 23.9 Å². The van der Waals surface area contributed by atoms with Crippen molar-refractivity contribution >= 4 is 29.7 Å². The summed E-state index contributed by atoms with van der Waals surface area (Å²) in [5.41, 5.74) is -0.441. The molecule has 0 aromatic carbocycles. The van der Waals surface area contributed by atoms with E-state index in [4.69, 9.17) is 18.9 Å². The lowest BCUT2D eigenvalue weighted by molar-refractivity contribution is -0.197. The van der Waals surface area contributed by atoms with E-state index in [9.17, 15) is 24.0 Å². The minimum atomic E-state index is -0.618. The topological polar surface area (TPSA) is 122 Å². The molecule has 0 saturated heterocycles. The quantitative estimate of drug-likeness (QED) is 0.220. The van der Waals surface area contributed by atoms with Crippen LogP contribution in [0.1, 0.15) is 114 Å². The van der Waals surface area contributed by atoms with Gasteiger partial charge < -0.3 is 18.9 Å². The van der Waals surface area contributed by atoms with Crippen LogP contribution in [0.4, 0.5) is 0 Å². The molecule has 0 radical (unpaired) electrons. The average molecular weight is 633 g/mol. The lowest BCUT2D eigenvalue weighted by Crippen LogP contribution is -2.60. The molecule has 0 spiro atoms. The van der Waals surface area contributed by atoms with Crippen LogP contribution in [0, 0.1) is 58.2 Å². The third-order valence-corrected chi connectivity index (χ3v) is 12.8. The fourth-order valence-corrected chi connectivity index (χ4v) is 10.5. The Hall–Kier alpha value is -2.45. The normalized spacial score (nSPS) is 38.5. The lowest BCUT2D eigenvalue weighted by Gasteiger charge is -2.61. The molecule has 0 aromatic heterocycles. The maximum Gasteiger partial charge on any atom is 0.303 e. The molecule has 9 heteroatoms. The molecule has 0 aliphatic heterocycles. The molecule has 254 valence electrons. The van der Waals surface area contributed by atoms with Gasteiger partial charge in [0.05, 0.1) is 0 Å². The minimum absolute atomic E-state index is 0.0124. The summed E-state index contributed by atoms with van der Waals surface area (Å²) in [6.45, 7) is 18.5. The van der Waals surface area contributed by atoms with E-state index in [1.165, 1.54) is 27.7 Å². The van der Waals surface area contributed by atoms with Crippen molar-refractivity contribution in [3.8, 4) is 0 Å². The summed E-state index contributed by atoms with van der Waals surface area (Å²) in [6.07, 6.45) is 2.91. The highest BCUT2D eigenvalue weighted by molar-refractivity contribution is 5.83. The van der Waals surface area contributed by atoms with Crippen LogP contribution in [0.5, 0.6) is 0 Å². The Balaban J connectivity index is 1.63. The Morgan fingerprint density at radius 3 is 1.84 bits per heavy atom. The summed E-state index contributed by atoms with van der Waals surface area (Å²) in [7, 11) is 0. The zero-order valence-electron chi connectivity index (χ0n) is 29.1. The van der Waals surface area contributed by atoms with Gasteiger partial charge in [0.1, 0.15) is 30.2 Å². The van der Waals surface area contributed by atoms with Crippen LogP contribution in [-0.4, -0.2) is 54.1 Å². The largest absolute Gasteiger partial charge is 0.459 e. The summed E-state index contributed by atoms with van der Waals surface area (Å²) in [5, 5.41) is 0. The molecule has 0 amide bonds. The zero-order valence-corrected chi connectivity index (χ0v) is 29.1. The van der Waals surface area contributed by atoms with Gasteiger partial charge in [0.2, 0.25) is 0 Å². The van der Waals surface area contributed by atoms with Crippen molar-refractivity contribution in [3.63, 3.8) is 0 Å². The Kier molecular flexibility index (Phi) is 10.5. The van der Waals surface area contributed by atoms with Gasteiger partial charge in [-0.25, -0.2) is 0 Å². The van der Waals surface area contributed by atoms with E-state index in [2.05, 4.69) is 41.5 Å². The smallest absolute Gasteiger partial charge is 0.303 e. The van der Waals surface area contributed by atoms with Gasteiger partial charge in [-0.05, 0) is 84.9 Å². The van der Waals surface area contributed by atoms with Gasteiger partial charge in [-0.15, -0.1) is 0 Å². The highest BCUT2D eigenvalue weighted by atomic mass is 16.6.